The first-order valence-electron chi connectivity index (χ1n) is 5.25. The molecule has 0 radical (unpaired) electrons. The molecule has 0 aliphatic heterocycles. The molecule has 1 amide bonds. The summed E-state index contributed by atoms with van der Waals surface area (Å²) in [4.78, 5) is 16.1. The van der Waals surface area contributed by atoms with E-state index >= 15 is 0 Å². The Morgan fingerprint density at radius 1 is 1.33 bits per heavy atom. The lowest BCUT2D eigenvalue weighted by atomic mass is 10.2. The molecule has 0 aliphatic carbocycles. The maximum absolute atomic E-state index is 12.0. The number of amides is 1. The number of nitrogens with one attached hydrogen (secondary N) is 1. The largest absolute Gasteiger partial charge is 0.322 e. The van der Waals surface area contributed by atoms with Gasteiger partial charge in [0.1, 0.15) is 0 Å². The summed E-state index contributed by atoms with van der Waals surface area (Å²) in [5, 5.41) is 3.38. The highest BCUT2D eigenvalue weighted by molar-refractivity contribution is 9.10. The standard InChI is InChI=1S/C13H10BrClN2O/c1-8-6-10(4-5-16-8)17-13(18)9-2-3-12(15)11(14)7-9/h2-7H,1H3,(H,16,17,18). The van der Waals surface area contributed by atoms with E-state index < -0.39 is 0 Å². The van der Waals surface area contributed by atoms with Gasteiger partial charge in [-0.3, -0.25) is 9.78 Å². The molecule has 5 heteroatoms. The van der Waals surface area contributed by atoms with Crippen LogP contribution in [0.25, 0.3) is 0 Å². The van der Waals surface area contributed by atoms with Crippen LogP contribution >= 0.6 is 27.5 Å². The van der Waals surface area contributed by atoms with Gasteiger partial charge < -0.3 is 5.32 Å². The van der Waals surface area contributed by atoms with E-state index in [-0.39, 0.29) is 5.91 Å². The van der Waals surface area contributed by atoms with Crippen molar-refractivity contribution in [3.8, 4) is 0 Å². The zero-order chi connectivity index (χ0) is 13.1. The molecule has 1 aromatic heterocycles. The number of benzene rings is 1. The van der Waals surface area contributed by atoms with E-state index in [0.29, 0.717) is 15.1 Å². The van der Waals surface area contributed by atoms with Gasteiger partial charge in [0.05, 0.1) is 5.02 Å². The Labute approximate surface area is 118 Å². The molecule has 0 saturated carbocycles. The molecule has 1 heterocycles. The smallest absolute Gasteiger partial charge is 0.255 e. The van der Waals surface area contributed by atoms with E-state index in [0.717, 1.165) is 11.4 Å². The molecule has 0 bridgehead atoms. The van der Waals surface area contributed by atoms with Crippen LogP contribution in [0.2, 0.25) is 5.02 Å². The van der Waals surface area contributed by atoms with Crippen LogP contribution in [0.15, 0.2) is 41.0 Å². The predicted molar refractivity (Wildman–Crippen MR) is 76.1 cm³/mol. The molecule has 0 spiro atoms. The lowest BCUT2D eigenvalue weighted by Crippen LogP contribution is -2.12. The average molecular weight is 326 g/mol. The van der Waals surface area contributed by atoms with Crippen molar-refractivity contribution in [3.63, 3.8) is 0 Å². The van der Waals surface area contributed by atoms with E-state index in [1.165, 1.54) is 0 Å². The lowest BCUT2D eigenvalue weighted by molar-refractivity contribution is 0.102. The number of hydrogen-bond acceptors (Lipinski definition) is 2. The van der Waals surface area contributed by atoms with Crippen LogP contribution in [-0.2, 0) is 0 Å². The topological polar surface area (TPSA) is 42.0 Å². The predicted octanol–water partition coefficient (Wildman–Crippen LogP) is 4.06. The highest BCUT2D eigenvalue weighted by Gasteiger charge is 2.08. The number of carbonyl (C=O) groups is 1. The van der Waals surface area contributed by atoms with Crippen molar-refractivity contribution in [2.75, 3.05) is 5.32 Å². The Morgan fingerprint density at radius 2 is 2.11 bits per heavy atom. The van der Waals surface area contributed by atoms with Gasteiger partial charge in [0.2, 0.25) is 0 Å². The third-order valence-electron chi connectivity index (χ3n) is 2.34. The van der Waals surface area contributed by atoms with Crippen LogP contribution in [0, 0.1) is 6.92 Å². The Hall–Kier alpha value is -1.39. The summed E-state index contributed by atoms with van der Waals surface area (Å²) in [6.45, 7) is 1.87. The minimum absolute atomic E-state index is 0.182. The summed E-state index contributed by atoms with van der Waals surface area (Å²) in [7, 11) is 0. The van der Waals surface area contributed by atoms with E-state index in [4.69, 9.17) is 11.6 Å². The fraction of sp³-hybridized carbons (Fsp3) is 0.0769. The summed E-state index contributed by atoms with van der Waals surface area (Å²) < 4.78 is 0.697. The fourth-order valence-electron chi connectivity index (χ4n) is 1.46. The number of carbonyl (C=O) groups excluding carboxylic acids is 1. The first-order chi connectivity index (χ1) is 8.56. The summed E-state index contributed by atoms with van der Waals surface area (Å²) in [5.74, 6) is -0.182. The molecule has 0 fully saturated rings. The number of hydrogen-bond donors (Lipinski definition) is 1. The van der Waals surface area contributed by atoms with Crippen LogP contribution in [0.1, 0.15) is 16.1 Å². The molecule has 2 aromatic rings. The zero-order valence-electron chi connectivity index (χ0n) is 9.58. The van der Waals surface area contributed by atoms with Crippen molar-refractivity contribution in [2.45, 2.75) is 6.92 Å². The number of nitrogens with zero attached hydrogens (tertiary/aromatic N) is 1. The van der Waals surface area contributed by atoms with E-state index in [9.17, 15) is 4.79 Å². The second-order valence-electron chi connectivity index (χ2n) is 3.77. The van der Waals surface area contributed by atoms with Crippen molar-refractivity contribution in [1.82, 2.24) is 4.98 Å². The van der Waals surface area contributed by atoms with Gasteiger partial charge in [-0.15, -0.1) is 0 Å². The van der Waals surface area contributed by atoms with Crippen LogP contribution in [-0.4, -0.2) is 10.9 Å². The Morgan fingerprint density at radius 3 is 2.78 bits per heavy atom. The monoisotopic (exact) mass is 324 g/mol. The summed E-state index contributed by atoms with van der Waals surface area (Å²) in [6, 6.07) is 8.60. The number of rotatable bonds is 2. The van der Waals surface area contributed by atoms with Crippen LogP contribution in [0.4, 0.5) is 5.69 Å². The molecule has 2 rings (SSSR count). The van der Waals surface area contributed by atoms with Crippen molar-refractivity contribution < 1.29 is 4.79 Å². The first kappa shape index (κ1) is 13.1. The molecular weight excluding hydrogens is 316 g/mol. The van der Waals surface area contributed by atoms with Crippen molar-refractivity contribution in [3.05, 3.63) is 57.3 Å². The molecule has 0 saturated heterocycles. The van der Waals surface area contributed by atoms with Crippen molar-refractivity contribution in [2.24, 2.45) is 0 Å². The minimum atomic E-state index is -0.182. The Balaban J connectivity index is 2.19. The van der Waals surface area contributed by atoms with Gasteiger partial charge in [-0.05, 0) is 53.2 Å². The summed E-state index contributed by atoms with van der Waals surface area (Å²) in [5.41, 5.74) is 2.12. The molecule has 3 nitrogen and oxygen atoms in total. The molecule has 0 unspecified atom stereocenters. The van der Waals surface area contributed by atoms with Gasteiger partial charge in [0.15, 0.2) is 0 Å². The van der Waals surface area contributed by atoms with E-state index in [2.05, 4.69) is 26.2 Å². The lowest BCUT2D eigenvalue weighted by Gasteiger charge is -2.06. The average Bonchev–Trinajstić information content (AvgIpc) is 2.32. The Bertz CT molecular complexity index is 601. The summed E-state index contributed by atoms with van der Waals surface area (Å²) >= 11 is 9.17. The number of aromatic nitrogens is 1. The maximum atomic E-state index is 12.0. The van der Waals surface area contributed by atoms with Crippen molar-refractivity contribution >= 4 is 39.1 Å². The van der Waals surface area contributed by atoms with Crippen LogP contribution in [0.3, 0.4) is 0 Å². The maximum Gasteiger partial charge on any atom is 0.255 e. The number of anilines is 1. The number of pyridine rings is 1. The minimum Gasteiger partial charge on any atom is -0.322 e. The van der Waals surface area contributed by atoms with Gasteiger partial charge in [0.25, 0.3) is 5.91 Å². The van der Waals surface area contributed by atoms with Crippen molar-refractivity contribution in [1.29, 1.82) is 0 Å². The van der Waals surface area contributed by atoms with Crippen LogP contribution < -0.4 is 5.32 Å². The van der Waals surface area contributed by atoms with E-state index in [1.807, 2.05) is 13.0 Å². The SMILES string of the molecule is Cc1cc(NC(=O)c2ccc(Cl)c(Br)c2)ccn1. The van der Waals surface area contributed by atoms with E-state index in [1.54, 1.807) is 30.5 Å². The van der Waals surface area contributed by atoms with Gasteiger partial charge in [-0.25, -0.2) is 0 Å². The zero-order valence-corrected chi connectivity index (χ0v) is 11.9. The first-order valence-corrected chi connectivity index (χ1v) is 6.42. The highest BCUT2D eigenvalue weighted by Crippen LogP contribution is 2.23. The molecule has 1 N–H and O–H groups in total. The van der Waals surface area contributed by atoms with Gasteiger partial charge in [0, 0.05) is 27.6 Å². The van der Waals surface area contributed by atoms with Gasteiger partial charge >= 0.3 is 0 Å². The molecule has 0 aliphatic rings. The number of aryl methyl sites for hydroxylation is 1. The second-order valence-corrected chi connectivity index (χ2v) is 5.03. The second kappa shape index (κ2) is 5.50. The fourth-order valence-corrected chi connectivity index (χ4v) is 1.96. The summed E-state index contributed by atoms with van der Waals surface area (Å²) in [6.07, 6.45) is 1.66. The molecule has 0 atom stereocenters. The van der Waals surface area contributed by atoms with Gasteiger partial charge in [-0.2, -0.15) is 0 Å². The normalized spacial score (nSPS) is 10.2. The van der Waals surface area contributed by atoms with Gasteiger partial charge in [-0.1, -0.05) is 11.6 Å². The number of halogens is 2. The molecule has 92 valence electrons. The highest BCUT2D eigenvalue weighted by atomic mass is 79.9. The Kier molecular flexibility index (Phi) is 3.99. The molecular formula is C13H10BrClN2O. The quantitative estimate of drug-likeness (QED) is 0.905. The molecule has 18 heavy (non-hydrogen) atoms. The third kappa shape index (κ3) is 3.09. The van der Waals surface area contributed by atoms with Crippen LogP contribution in [0.5, 0.6) is 0 Å². The third-order valence-corrected chi connectivity index (χ3v) is 3.55. The molecule has 1 aromatic carbocycles.